The largest absolute Gasteiger partial charge is 0.378 e. The molecule has 1 N–H and O–H groups in total. The van der Waals surface area contributed by atoms with Gasteiger partial charge in [-0.3, -0.25) is 4.79 Å². The third kappa shape index (κ3) is 3.61. The topological polar surface area (TPSA) is 32.3 Å². The van der Waals surface area contributed by atoms with Crippen molar-refractivity contribution in [1.82, 2.24) is 0 Å². The first kappa shape index (κ1) is 12.1. The molecular formula is C10H12Cl2N2O. The molecule has 1 rings (SSSR count). The van der Waals surface area contributed by atoms with Crippen LogP contribution in [0.2, 0.25) is 0 Å². The SMILES string of the molecule is CN(C)c1ccc(NC(=O)C(Cl)Cl)cc1. The van der Waals surface area contributed by atoms with Crippen LogP contribution < -0.4 is 10.2 Å². The maximum Gasteiger partial charge on any atom is 0.257 e. The fourth-order valence-electron chi connectivity index (χ4n) is 1.04. The van der Waals surface area contributed by atoms with E-state index in [0.717, 1.165) is 5.69 Å². The number of alkyl halides is 2. The summed E-state index contributed by atoms with van der Waals surface area (Å²) >= 11 is 10.8. The van der Waals surface area contributed by atoms with Gasteiger partial charge in [0.05, 0.1) is 0 Å². The molecule has 0 atom stereocenters. The van der Waals surface area contributed by atoms with Crippen molar-refractivity contribution in [2.45, 2.75) is 4.84 Å². The normalized spacial score (nSPS) is 10.2. The number of amides is 1. The van der Waals surface area contributed by atoms with Crippen molar-refractivity contribution < 1.29 is 4.79 Å². The number of halogens is 2. The minimum atomic E-state index is -1.04. The summed E-state index contributed by atoms with van der Waals surface area (Å²) in [5.41, 5.74) is 1.73. The fraction of sp³-hybridized carbons (Fsp3) is 0.300. The molecule has 0 saturated carbocycles. The van der Waals surface area contributed by atoms with Crippen molar-refractivity contribution in [2.24, 2.45) is 0 Å². The van der Waals surface area contributed by atoms with E-state index in [1.807, 2.05) is 31.1 Å². The number of hydrogen-bond acceptors (Lipinski definition) is 2. The van der Waals surface area contributed by atoms with E-state index in [9.17, 15) is 4.79 Å². The van der Waals surface area contributed by atoms with Crippen molar-refractivity contribution in [3.05, 3.63) is 24.3 Å². The molecule has 5 heteroatoms. The molecule has 15 heavy (non-hydrogen) atoms. The molecule has 3 nitrogen and oxygen atoms in total. The van der Waals surface area contributed by atoms with E-state index in [2.05, 4.69) is 5.32 Å². The minimum absolute atomic E-state index is 0.420. The zero-order chi connectivity index (χ0) is 11.4. The number of anilines is 2. The van der Waals surface area contributed by atoms with Crippen LogP contribution >= 0.6 is 23.2 Å². The first-order valence-electron chi connectivity index (χ1n) is 4.37. The van der Waals surface area contributed by atoms with Gasteiger partial charge in [0.25, 0.3) is 5.91 Å². The van der Waals surface area contributed by atoms with Crippen LogP contribution in [0.4, 0.5) is 11.4 Å². The minimum Gasteiger partial charge on any atom is -0.378 e. The first-order chi connectivity index (χ1) is 7.00. The molecule has 0 aliphatic heterocycles. The monoisotopic (exact) mass is 246 g/mol. The molecule has 0 unspecified atom stereocenters. The van der Waals surface area contributed by atoms with E-state index in [0.29, 0.717) is 5.69 Å². The highest BCUT2D eigenvalue weighted by Crippen LogP contribution is 2.16. The summed E-state index contributed by atoms with van der Waals surface area (Å²) in [6.45, 7) is 0. The van der Waals surface area contributed by atoms with Crippen molar-refractivity contribution in [3.8, 4) is 0 Å². The second-order valence-electron chi connectivity index (χ2n) is 3.23. The van der Waals surface area contributed by atoms with Crippen LogP contribution in [0.25, 0.3) is 0 Å². The lowest BCUT2D eigenvalue weighted by atomic mass is 10.2. The van der Waals surface area contributed by atoms with Crippen LogP contribution in [-0.2, 0) is 4.79 Å². The number of benzene rings is 1. The van der Waals surface area contributed by atoms with Crippen LogP contribution in [0.1, 0.15) is 0 Å². The Morgan fingerprint density at radius 2 is 1.80 bits per heavy atom. The molecule has 82 valence electrons. The molecule has 0 spiro atoms. The van der Waals surface area contributed by atoms with E-state index < -0.39 is 10.7 Å². The molecule has 1 aromatic rings. The highest BCUT2D eigenvalue weighted by molar-refractivity contribution is 6.54. The molecule has 0 radical (unpaired) electrons. The fourth-order valence-corrected chi connectivity index (χ4v) is 1.15. The van der Waals surface area contributed by atoms with Crippen molar-refractivity contribution in [3.63, 3.8) is 0 Å². The molecule has 0 aliphatic rings. The summed E-state index contributed by atoms with van der Waals surface area (Å²) in [6.07, 6.45) is 0. The van der Waals surface area contributed by atoms with Gasteiger partial charge in [0.2, 0.25) is 0 Å². The Labute approximate surface area is 99.0 Å². The average Bonchev–Trinajstić information content (AvgIpc) is 2.18. The van der Waals surface area contributed by atoms with Gasteiger partial charge in [-0.1, -0.05) is 23.2 Å². The molecule has 1 aromatic carbocycles. The number of rotatable bonds is 3. The van der Waals surface area contributed by atoms with Crippen LogP contribution in [0.5, 0.6) is 0 Å². The Morgan fingerprint density at radius 1 is 1.27 bits per heavy atom. The molecule has 0 heterocycles. The van der Waals surface area contributed by atoms with Crippen molar-refractivity contribution in [1.29, 1.82) is 0 Å². The number of carbonyl (C=O) groups is 1. The van der Waals surface area contributed by atoms with Crippen molar-refractivity contribution in [2.75, 3.05) is 24.3 Å². The summed E-state index contributed by atoms with van der Waals surface area (Å²) in [6, 6.07) is 7.38. The van der Waals surface area contributed by atoms with Crippen LogP contribution in [0.3, 0.4) is 0 Å². The van der Waals surface area contributed by atoms with E-state index in [1.165, 1.54) is 0 Å². The lowest BCUT2D eigenvalue weighted by Gasteiger charge is -2.13. The number of hydrogen-bond donors (Lipinski definition) is 1. The molecule has 0 fully saturated rings. The quantitative estimate of drug-likeness (QED) is 0.832. The zero-order valence-corrected chi connectivity index (χ0v) is 10.0. The summed E-state index contributed by atoms with van der Waals surface area (Å²) in [5, 5.41) is 2.59. The summed E-state index contributed by atoms with van der Waals surface area (Å²) in [4.78, 5) is 12.1. The second kappa shape index (κ2) is 5.24. The third-order valence-corrected chi connectivity index (χ3v) is 2.25. The highest BCUT2D eigenvalue weighted by Gasteiger charge is 2.10. The van der Waals surface area contributed by atoms with Gasteiger partial charge in [-0.25, -0.2) is 0 Å². The maximum atomic E-state index is 11.1. The summed E-state index contributed by atoms with van der Waals surface area (Å²) in [7, 11) is 3.89. The molecule has 0 aliphatic carbocycles. The Hall–Kier alpha value is -0.930. The lowest BCUT2D eigenvalue weighted by Crippen LogP contribution is -2.18. The Balaban J connectivity index is 2.69. The number of carbonyl (C=O) groups excluding carboxylic acids is 1. The van der Waals surface area contributed by atoms with Crippen LogP contribution in [0.15, 0.2) is 24.3 Å². The van der Waals surface area contributed by atoms with Gasteiger partial charge in [0.1, 0.15) is 0 Å². The van der Waals surface area contributed by atoms with Gasteiger partial charge in [-0.2, -0.15) is 0 Å². The molecule has 1 amide bonds. The zero-order valence-electron chi connectivity index (χ0n) is 8.50. The third-order valence-electron chi connectivity index (χ3n) is 1.85. The van der Waals surface area contributed by atoms with E-state index >= 15 is 0 Å². The molecule has 0 aromatic heterocycles. The smallest absolute Gasteiger partial charge is 0.257 e. The highest BCUT2D eigenvalue weighted by atomic mass is 35.5. The molecule has 0 bridgehead atoms. The lowest BCUT2D eigenvalue weighted by molar-refractivity contribution is -0.114. The predicted molar refractivity (Wildman–Crippen MR) is 64.9 cm³/mol. The Morgan fingerprint density at radius 3 is 2.20 bits per heavy atom. The van der Waals surface area contributed by atoms with E-state index in [4.69, 9.17) is 23.2 Å². The van der Waals surface area contributed by atoms with E-state index in [1.54, 1.807) is 12.1 Å². The maximum absolute atomic E-state index is 11.1. The van der Waals surface area contributed by atoms with Gasteiger partial charge >= 0.3 is 0 Å². The van der Waals surface area contributed by atoms with Gasteiger partial charge in [0.15, 0.2) is 4.84 Å². The summed E-state index contributed by atoms with van der Waals surface area (Å²) in [5.74, 6) is -0.420. The van der Waals surface area contributed by atoms with Gasteiger partial charge in [0, 0.05) is 25.5 Å². The predicted octanol–water partition coefficient (Wildman–Crippen LogP) is 2.49. The van der Waals surface area contributed by atoms with Gasteiger partial charge in [-0.15, -0.1) is 0 Å². The molecular weight excluding hydrogens is 235 g/mol. The average molecular weight is 247 g/mol. The Bertz CT molecular complexity index is 336. The standard InChI is InChI=1S/C10H12Cl2N2O/c1-14(2)8-5-3-7(4-6-8)13-10(15)9(11)12/h3-6,9H,1-2H3,(H,13,15). The van der Waals surface area contributed by atoms with Crippen molar-refractivity contribution >= 4 is 40.5 Å². The second-order valence-corrected chi connectivity index (χ2v) is 4.33. The number of nitrogens with zero attached hydrogens (tertiary/aromatic N) is 1. The van der Waals surface area contributed by atoms with Gasteiger partial charge < -0.3 is 10.2 Å². The van der Waals surface area contributed by atoms with Gasteiger partial charge in [-0.05, 0) is 24.3 Å². The number of nitrogens with one attached hydrogen (secondary N) is 1. The molecule has 0 saturated heterocycles. The Kier molecular flexibility index (Phi) is 4.24. The van der Waals surface area contributed by atoms with Crippen LogP contribution in [0, 0.1) is 0 Å². The first-order valence-corrected chi connectivity index (χ1v) is 5.24. The van der Waals surface area contributed by atoms with E-state index in [-0.39, 0.29) is 0 Å². The summed E-state index contributed by atoms with van der Waals surface area (Å²) < 4.78 is 0. The van der Waals surface area contributed by atoms with Crippen LogP contribution in [-0.4, -0.2) is 24.8 Å².